The Morgan fingerprint density at radius 3 is 2.28 bits per heavy atom. The Bertz CT molecular complexity index is 2380. The van der Waals surface area contributed by atoms with Crippen molar-refractivity contribution < 1.29 is 4.74 Å². The third-order valence-electron chi connectivity index (χ3n) is 8.78. The third-order valence-corrected chi connectivity index (χ3v) is 8.78. The maximum atomic E-state index is 6.53. The number of hydrogen-bond acceptors (Lipinski definition) is 1. The highest BCUT2D eigenvalue weighted by Crippen LogP contribution is 2.47. The quantitative estimate of drug-likeness (QED) is 0.148. The molecular weight excluding hydrogens is 558 g/mol. The summed E-state index contributed by atoms with van der Waals surface area (Å²) in [7, 11) is 0. The molecule has 0 bridgehead atoms. The normalized spacial score (nSPS) is 13.3. The van der Waals surface area contributed by atoms with Crippen molar-refractivity contribution in [1.82, 2.24) is 4.57 Å². The fourth-order valence-corrected chi connectivity index (χ4v) is 6.62. The molecule has 2 heteroatoms. The smallest absolute Gasteiger partial charge is 0.135 e. The first-order valence-electron chi connectivity index (χ1n) is 15.5. The molecule has 0 atom stereocenters. The largest absolute Gasteiger partial charge is 0.456 e. The van der Waals surface area contributed by atoms with Crippen LogP contribution in [0.25, 0.3) is 50.5 Å². The van der Waals surface area contributed by atoms with E-state index in [0.717, 1.165) is 83.9 Å². The van der Waals surface area contributed by atoms with E-state index in [1.807, 2.05) is 37.3 Å². The predicted molar refractivity (Wildman–Crippen MR) is 191 cm³/mol. The van der Waals surface area contributed by atoms with Crippen molar-refractivity contribution in [2.24, 2.45) is 0 Å². The first-order chi connectivity index (χ1) is 22.7. The average molecular weight is 588 g/mol. The van der Waals surface area contributed by atoms with E-state index in [-0.39, 0.29) is 0 Å². The number of para-hydroxylation sites is 2. The van der Waals surface area contributed by atoms with Gasteiger partial charge in [0.1, 0.15) is 11.5 Å². The summed E-state index contributed by atoms with van der Waals surface area (Å²) in [6.07, 6.45) is 13.1. The van der Waals surface area contributed by atoms with Crippen molar-refractivity contribution in [3.05, 3.63) is 161 Å². The molecule has 216 valence electrons. The van der Waals surface area contributed by atoms with Crippen molar-refractivity contribution in [3.63, 3.8) is 0 Å². The molecule has 0 N–H and O–H groups in total. The van der Waals surface area contributed by atoms with Crippen molar-refractivity contribution in [2.45, 2.75) is 13.3 Å². The van der Waals surface area contributed by atoms with E-state index in [1.54, 1.807) is 0 Å². The second-order valence-corrected chi connectivity index (χ2v) is 11.4. The second kappa shape index (κ2) is 11.4. The summed E-state index contributed by atoms with van der Waals surface area (Å²) in [5.74, 6) is 11.5. The molecule has 2 heterocycles. The number of benzene rings is 5. The zero-order chi connectivity index (χ0) is 31.0. The van der Waals surface area contributed by atoms with Gasteiger partial charge in [0.2, 0.25) is 0 Å². The van der Waals surface area contributed by atoms with E-state index >= 15 is 0 Å². The van der Waals surface area contributed by atoms with Crippen molar-refractivity contribution in [2.75, 3.05) is 0 Å². The van der Waals surface area contributed by atoms with Crippen LogP contribution in [0.5, 0.6) is 11.5 Å². The van der Waals surface area contributed by atoms with E-state index in [4.69, 9.17) is 11.2 Å². The Balaban J connectivity index is 1.30. The predicted octanol–water partition coefficient (Wildman–Crippen LogP) is 10.7. The van der Waals surface area contributed by atoms with Crippen LogP contribution >= 0.6 is 0 Å². The third kappa shape index (κ3) is 4.57. The van der Waals surface area contributed by atoms with Gasteiger partial charge in [0.15, 0.2) is 0 Å². The molecule has 0 spiro atoms. The molecule has 0 radical (unpaired) electrons. The minimum absolute atomic E-state index is 0.590. The molecular formula is C44H29NO. The van der Waals surface area contributed by atoms with E-state index in [9.17, 15) is 0 Å². The maximum Gasteiger partial charge on any atom is 0.135 e. The lowest BCUT2D eigenvalue weighted by Gasteiger charge is -2.15. The van der Waals surface area contributed by atoms with Gasteiger partial charge in [-0.15, -0.1) is 6.42 Å². The van der Waals surface area contributed by atoms with Gasteiger partial charge in [-0.2, -0.15) is 0 Å². The van der Waals surface area contributed by atoms with Crippen LogP contribution in [-0.4, -0.2) is 4.57 Å². The molecule has 1 aliphatic heterocycles. The number of rotatable bonds is 4. The minimum Gasteiger partial charge on any atom is -0.456 e. The number of terminal acetylenes is 1. The highest BCUT2D eigenvalue weighted by Gasteiger charge is 2.23. The Morgan fingerprint density at radius 1 is 0.783 bits per heavy atom. The molecule has 0 fully saturated rings. The monoisotopic (exact) mass is 587 g/mol. The second-order valence-electron chi connectivity index (χ2n) is 11.4. The number of hydrogen-bond donors (Lipinski definition) is 0. The Labute approximate surface area is 269 Å². The molecule has 2 nitrogen and oxygen atoms in total. The van der Waals surface area contributed by atoms with Crippen LogP contribution in [0.4, 0.5) is 0 Å². The first kappa shape index (κ1) is 27.3. The average Bonchev–Trinajstić information content (AvgIpc) is 3.21. The van der Waals surface area contributed by atoms with Crippen LogP contribution in [0, 0.1) is 24.2 Å². The Hall–Kier alpha value is -6.22. The SMILES string of the molecule is C#C/C(=C\C(=C/C)c1ccccc1)C1=Cc2c(n(-c3ccc4c(c3)-c3ccccc3-c3ccccc3O4)c3ccccc23)CC#C1. The fraction of sp³-hybridized carbons (Fsp3) is 0.0455. The van der Waals surface area contributed by atoms with Gasteiger partial charge in [0.25, 0.3) is 0 Å². The Morgan fingerprint density at radius 2 is 1.48 bits per heavy atom. The molecule has 8 rings (SSSR count). The fourth-order valence-electron chi connectivity index (χ4n) is 6.62. The van der Waals surface area contributed by atoms with E-state index < -0.39 is 0 Å². The number of aromatic nitrogens is 1. The topological polar surface area (TPSA) is 14.2 Å². The van der Waals surface area contributed by atoms with Gasteiger partial charge in [0, 0.05) is 44.6 Å². The van der Waals surface area contributed by atoms with Gasteiger partial charge in [0.05, 0.1) is 11.9 Å². The summed E-state index contributed by atoms with van der Waals surface area (Å²) in [6.45, 7) is 2.04. The molecule has 1 aliphatic carbocycles. The number of ether oxygens (including phenoxy) is 1. The number of fused-ring (bicyclic) bond motifs is 8. The molecule has 0 amide bonds. The molecule has 1 aromatic heterocycles. The summed E-state index contributed by atoms with van der Waals surface area (Å²) >= 11 is 0. The van der Waals surface area contributed by atoms with Crippen LogP contribution in [0.1, 0.15) is 23.7 Å². The molecule has 46 heavy (non-hydrogen) atoms. The molecule has 6 aromatic rings. The van der Waals surface area contributed by atoms with Gasteiger partial charge in [-0.3, -0.25) is 0 Å². The van der Waals surface area contributed by atoms with Gasteiger partial charge in [-0.05, 0) is 71.7 Å². The molecule has 0 saturated heterocycles. The van der Waals surface area contributed by atoms with Gasteiger partial charge in [-0.25, -0.2) is 0 Å². The summed E-state index contributed by atoms with van der Waals surface area (Å²) in [4.78, 5) is 0. The van der Waals surface area contributed by atoms with Crippen LogP contribution in [0.15, 0.2) is 145 Å². The zero-order valence-electron chi connectivity index (χ0n) is 25.4. The molecule has 2 aliphatic rings. The standard InChI is InChI=1S/C44H29NO/c1-3-30(32-15-6-5-7-16-32)27-31(4-2)33-17-14-23-42-39(28-33)37-20-10-12-22-41(37)45(42)34-25-26-44-40(29-34)36-19-9-8-18-35(36)38-21-11-13-24-43(38)46-44/h2-3,5-13,15-16,18-22,24-29H,23H2,1H3/b30-3+,31-27+. The first-order valence-corrected chi connectivity index (χ1v) is 15.5. The summed E-state index contributed by atoms with van der Waals surface area (Å²) in [5.41, 5.74) is 12.7. The van der Waals surface area contributed by atoms with Crippen LogP contribution < -0.4 is 4.74 Å². The summed E-state index contributed by atoms with van der Waals surface area (Å²) in [5, 5.41) is 1.16. The van der Waals surface area contributed by atoms with E-state index in [0.29, 0.717) is 6.42 Å². The zero-order valence-corrected chi connectivity index (χ0v) is 25.4. The van der Waals surface area contributed by atoms with Crippen molar-refractivity contribution in [3.8, 4) is 63.6 Å². The van der Waals surface area contributed by atoms with Crippen LogP contribution in [0.2, 0.25) is 0 Å². The molecule has 5 aromatic carbocycles. The van der Waals surface area contributed by atoms with Gasteiger partial charge in [-0.1, -0.05) is 115 Å². The number of nitrogens with zero attached hydrogens (tertiary/aromatic N) is 1. The highest BCUT2D eigenvalue weighted by atomic mass is 16.5. The maximum absolute atomic E-state index is 6.53. The van der Waals surface area contributed by atoms with Crippen LogP contribution in [-0.2, 0) is 6.42 Å². The lowest BCUT2D eigenvalue weighted by Crippen LogP contribution is -2.01. The van der Waals surface area contributed by atoms with E-state index in [2.05, 4.69) is 132 Å². The van der Waals surface area contributed by atoms with Crippen molar-refractivity contribution in [1.29, 1.82) is 0 Å². The lowest BCUT2D eigenvalue weighted by molar-refractivity contribution is 0.487. The lowest BCUT2D eigenvalue weighted by atomic mass is 9.94. The van der Waals surface area contributed by atoms with Crippen LogP contribution in [0.3, 0.4) is 0 Å². The van der Waals surface area contributed by atoms with E-state index in [1.165, 1.54) is 0 Å². The number of allylic oxidation sites excluding steroid dienone is 5. The van der Waals surface area contributed by atoms with Gasteiger partial charge >= 0.3 is 0 Å². The summed E-state index contributed by atoms with van der Waals surface area (Å²) < 4.78 is 8.88. The molecule has 0 saturated carbocycles. The highest BCUT2D eigenvalue weighted by molar-refractivity contribution is 5.96. The summed E-state index contributed by atoms with van der Waals surface area (Å²) in [6, 6.07) is 42.1. The minimum atomic E-state index is 0.590. The van der Waals surface area contributed by atoms with Gasteiger partial charge < -0.3 is 9.30 Å². The molecule has 0 unspecified atom stereocenters. The van der Waals surface area contributed by atoms with Crippen molar-refractivity contribution >= 4 is 22.6 Å². The Kier molecular flexibility index (Phi) is 6.76.